The molecular weight excluding hydrogens is 228 g/mol. The van der Waals surface area contributed by atoms with Crippen molar-refractivity contribution in [1.82, 2.24) is 0 Å². The van der Waals surface area contributed by atoms with E-state index in [1.807, 2.05) is 20.8 Å². The molecule has 0 spiro atoms. The second-order valence-electron chi connectivity index (χ2n) is 7.39. The standard InChI is InChI=1S/C15H28O3/c1-9-5-6-11-12(13(9)16)10(14(2,3)17)7-8-15(11,4)18/h9-13,16-18H,5-8H2,1-4H3/t9-,10+,11-,12-,13-,15+/m1/s1. The molecule has 0 aromatic rings. The van der Waals surface area contributed by atoms with Crippen LogP contribution >= 0.6 is 0 Å². The van der Waals surface area contributed by atoms with Crippen LogP contribution in [0.5, 0.6) is 0 Å². The molecule has 106 valence electrons. The van der Waals surface area contributed by atoms with Crippen molar-refractivity contribution in [1.29, 1.82) is 0 Å². The van der Waals surface area contributed by atoms with Crippen molar-refractivity contribution < 1.29 is 15.3 Å². The van der Waals surface area contributed by atoms with Crippen LogP contribution in [-0.4, -0.2) is 32.6 Å². The molecule has 3 nitrogen and oxygen atoms in total. The van der Waals surface area contributed by atoms with Gasteiger partial charge in [0, 0.05) is 0 Å². The Hall–Kier alpha value is -0.120. The Kier molecular flexibility index (Phi) is 3.54. The largest absolute Gasteiger partial charge is 0.393 e. The van der Waals surface area contributed by atoms with E-state index in [1.165, 1.54) is 0 Å². The van der Waals surface area contributed by atoms with Crippen molar-refractivity contribution in [3.05, 3.63) is 0 Å². The second kappa shape index (κ2) is 4.46. The highest BCUT2D eigenvalue weighted by atomic mass is 16.3. The minimum Gasteiger partial charge on any atom is -0.393 e. The zero-order chi connectivity index (χ0) is 13.7. The van der Waals surface area contributed by atoms with Crippen LogP contribution in [0, 0.1) is 23.7 Å². The van der Waals surface area contributed by atoms with Gasteiger partial charge in [0.25, 0.3) is 0 Å². The van der Waals surface area contributed by atoms with Gasteiger partial charge in [-0.1, -0.05) is 6.92 Å². The summed E-state index contributed by atoms with van der Waals surface area (Å²) in [4.78, 5) is 0. The molecule has 18 heavy (non-hydrogen) atoms. The predicted molar refractivity (Wildman–Crippen MR) is 71.0 cm³/mol. The molecule has 0 amide bonds. The first-order chi connectivity index (χ1) is 8.14. The molecule has 0 radical (unpaired) electrons. The maximum atomic E-state index is 10.6. The third-order valence-corrected chi connectivity index (χ3v) is 5.51. The normalized spacial score (nSPS) is 49.8. The predicted octanol–water partition coefficient (Wildman–Crippen LogP) is 1.94. The molecule has 3 heteroatoms. The second-order valence-corrected chi connectivity index (χ2v) is 7.39. The molecule has 6 atom stereocenters. The number of aliphatic hydroxyl groups is 3. The lowest BCUT2D eigenvalue weighted by Gasteiger charge is -2.55. The third kappa shape index (κ3) is 2.33. The van der Waals surface area contributed by atoms with Gasteiger partial charge in [-0.15, -0.1) is 0 Å². The van der Waals surface area contributed by atoms with E-state index in [0.717, 1.165) is 25.7 Å². The van der Waals surface area contributed by atoms with Crippen LogP contribution in [0.15, 0.2) is 0 Å². The van der Waals surface area contributed by atoms with Crippen LogP contribution in [0.3, 0.4) is 0 Å². The van der Waals surface area contributed by atoms with Gasteiger partial charge in [-0.3, -0.25) is 0 Å². The number of aliphatic hydroxyl groups excluding tert-OH is 1. The molecule has 2 rings (SSSR count). The Morgan fingerprint density at radius 1 is 1.17 bits per heavy atom. The lowest BCUT2D eigenvalue weighted by molar-refractivity contribution is -0.179. The Balaban J connectivity index is 2.32. The molecule has 3 N–H and O–H groups in total. The maximum absolute atomic E-state index is 10.6. The van der Waals surface area contributed by atoms with E-state index in [9.17, 15) is 15.3 Å². The molecule has 2 saturated carbocycles. The van der Waals surface area contributed by atoms with Crippen LogP contribution < -0.4 is 0 Å². The first kappa shape index (κ1) is 14.3. The monoisotopic (exact) mass is 256 g/mol. The van der Waals surface area contributed by atoms with Gasteiger partial charge in [0.15, 0.2) is 0 Å². The van der Waals surface area contributed by atoms with Gasteiger partial charge in [-0.05, 0) is 70.1 Å². The van der Waals surface area contributed by atoms with Crippen molar-refractivity contribution in [2.75, 3.05) is 0 Å². The summed E-state index contributed by atoms with van der Waals surface area (Å²) < 4.78 is 0. The van der Waals surface area contributed by atoms with Crippen LogP contribution in [-0.2, 0) is 0 Å². The summed E-state index contributed by atoms with van der Waals surface area (Å²) in [6.45, 7) is 7.64. The van der Waals surface area contributed by atoms with Gasteiger partial charge >= 0.3 is 0 Å². The fraction of sp³-hybridized carbons (Fsp3) is 1.00. The van der Waals surface area contributed by atoms with Crippen LogP contribution in [0.2, 0.25) is 0 Å². The Bertz CT molecular complexity index is 303. The number of hydrogen-bond donors (Lipinski definition) is 3. The number of fused-ring (bicyclic) bond motifs is 1. The summed E-state index contributed by atoms with van der Waals surface area (Å²) in [5.41, 5.74) is -1.47. The Labute approximate surface area is 110 Å². The molecule has 2 aliphatic carbocycles. The van der Waals surface area contributed by atoms with E-state index in [1.54, 1.807) is 0 Å². The van der Waals surface area contributed by atoms with E-state index >= 15 is 0 Å². The maximum Gasteiger partial charge on any atom is 0.0651 e. The van der Waals surface area contributed by atoms with Gasteiger partial charge in [0.1, 0.15) is 0 Å². The fourth-order valence-corrected chi connectivity index (χ4v) is 4.32. The van der Waals surface area contributed by atoms with Gasteiger partial charge in [-0.2, -0.15) is 0 Å². The summed E-state index contributed by atoms with van der Waals surface area (Å²) in [7, 11) is 0. The minimum absolute atomic E-state index is 0.0255. The van der Waals surface area contributed by atoms with Crippen molar-refractivity contribution in [2.24, 2.45) is 23.7 Å². The highest BCUT2D eigenvalue weighted by Crippen LogP contribution is 2.52. The molecule has 0 aliphatic heterocycles. The highest BCUT2D eigenvalue weighted by molar-refractivity contribution is 5.04. The fourth-order valence-electron chi connectivity index (χ4n) is 4.32. The van der Waals surface area contributed by atoms with Crippen LogP contribution in [0.1, 0.15) is 53.4 Å². The Morgan fingerprint density at radius 2 is 1.78 bits per heavy atom. The first-order valence-electron chi connectivity index (χ1n) is 7.27. The van der Waals surface area contributed by atoms with Gasteiger partial charge in [0.2, 0.25) is 0 Å². The number of rotatable bonds is 1. The molecule has 0 unspecified atom stereocenters. The van der Waals surface area contributed by atoms with Crippen molar-refractivity contribution in [3.63, 3.8) is 0 Å². The summed E-state index contributed by atoms with van der Waals surface area (Å²) in [6, 6.07) is 0. The van der Waals surface area contributed by atoms with E-state index in [-0.39, 0.29) is 23.7 Å². The van der Waals surface area contributed by atoms with Gasteiger partial charge < -0.3 is 15.3 Å². The molecule has 2 fully saturated rings. The lowest BCUT2D eigenvalue weighted by atomic mass is 9.54. The first-order valence-corrected chi connectivity index (χ1v) is 7.27. The molecule has 0 saturated heterocycles. The van der Waals surface area contributed by atoms with Crippen molar-refractivity contribution in [3.8, 4) is 0 Å². The van der Waals surface area contributed by atoms with Gasteiger partial charge in [-0.25, -0.2) is 0 Å². The zero-order valence-corrected chi connectivity index (χ0v) is 12.1. The van der Waals surface area contributed by atoms with E-state index in [2.05, 4.69) is 6.92 Å². The molecule has 0 aromatic carbocycles. The molecule has 0 aromatic heterocycles. The smallest absolute Gasteiger partial charge is 0.0651 e. The van der Waals surface area contributed by atoms with Crippen molar-refractivity contribution in [2.45, 2.75) is 70.7 Å². The average Bonchev–Trinajstić information content (AvgIpc) is 2.21. The molecule has 0 heterocycles. The molecule has 0 bridgehead atoms. The topological polar surface area (TPSA) is 60.7 Å². The van der Waals surface area contributed by atoms with E-state index in [4.69, 9.17) is 0 Å². The highest BCUT2D eigenvalue weighted by Gasteiger charge is 2.54. The Morgan fingerprint density at radius 3 is 2.33 bits per heavy atom. The summed E-state index contributed by atoms with van der Waals surface area (Å²) in [6.07, 6.45) is 3.05. The third-order valence-electron chi connectivity index (χ3n) is 5.51. The molecule has 2 aliphatic rings. The summed E-state index contributed by atoms with van der Waals surface area (Å²) in [5, 5.41) is 31.4. The van der Waals surface area contributed by atoms with Gasteiger partial charge in [0.05, 0.1) is 17.3 Å². The quantitative estimate of drug-likeness (QED) is 0.672. The van der Waals surface area contributed by atoms with E-state index < -0.39 is 17.3 Å². The zero-order valence-electron chi connectivity index (χ0n) is 12.1. The summed E-state index contributed by atoms with van der Waals surface area (Å²) >= 11 is 0. The SMILES string of the molecule is C[C@@H]1CC[C@@H]2[C@H]([C@@H]1O)[C@@H](C(C)(C)O)CC[C@]2(C)O. The average molecular weight is 256 g/mol. The van der Waals surface area contributed by atoms with E-state index in [0.29, 0.717) is 0 Å². The van der Waals surface area contributed by atoms with Crippen LogP contribution in [0.25, 0.3) is 0 Å². The minimum atomic E-state index is -0.780. The lowest BCUT2D eigenvalue weighted by Crippen LogP contribution is -2.58. The summed E-state index contributed by atoms with van der Waals surface area (Å²) in [5.74, 6) is 0.497. The number of hydrogen-bond acceptors (Lipinski definition) is 3. The van der Waals surface area contributed by atoms with Crippen molar-refractivity contribution >= 4 is 0 Å². The molecular formula is C15H28O3. The van der Waals surface area contributed by atoms with Crippen LogP contribution in [0.4, 0.5) is 0 Å².